The third-order valence-corrected chi connectivity index (χ3v) is 7.33. The summed E-state index contributed by atoms with van der Waals surface area (Å²) in [6.45, 7) is 3.94. The molecule has 200 valence electrons. The van der Waals surface area contributed by atoms with Crippen molar-refractivity contribution < 1.29 is 23.7 Å². The van der Waals surface area contributed by atoms with E-state index in [0.29, 0.717) is 48.0 Å². The van der Waals surface area contributed by atoms with Crippen LogP contribution in [0.5, 0.6) is 17.2 Å². The minimum absolute atomic E-state index is 0.194. The Morgan fingerprint density at radius 1 is 1.08 bits per heavy atom. The van der Waals surface area contributed by atoms with Gasteiger partial charge in [-0.25, -0.2) is 4.79 Å². The number of amides is 1. The monoisotopic (exact) mass is 517 g/mol. The molecule has 2 aromatic carbocycles. The standard InChI is InChI=1S/C30H35N3O5/c1-5-21(2)37-30(34)32-19-24-12-13-25(20-32)33(24)16-6-7-27(23-10-8-22(18-31)9-11-23)38-26-14-15-28(35-3)29(17-26)36-4/h1,8-11,14-15,17,21,24-25,27H,6-7,12-13,16,19-20H2,2-4H3. The molecule has 0 saturated carbocycles. The molecule has 2 aliphatic heterocycles. The largest absolute Gasteiger partial charge is 0.493 e. The fourth-order valence-corrected chi connectivity index (χ4v) is 5.34. The van der Waals surface area contributed by atoms with Crippen LogP contribution in [0.4, 0.5) is 4.79 Å². The van der Waals surface area contributed by atoms with Crippen molar-refractivity contribution >= 4 is 6.09 Å². The average Bonchev–Trinajstić information content (AvgIpc) is 3.17. The molecule has 0 N–H and O–H groups in total. The lowest BCUT2D eigenvalue weighted by atomic mass is 10.0. The van der Waals surface area contributed by atoms with E-state index in [2.05, 4.69) is 16.9 Å². The maximum absolute atomic E-state index is 12.5. The van der Waals surface area contributed by atoms with Crippen LogP contribution in [-0.2, 0) is 4.74 Å². The molecule has 1 amide bonds. The number of ether oxygens (including phenoxy) is 4. The molecule has 0 spiro atoms. The summed E-state index contributed by atoms with van der Waals surface area (Å²) in [7, 11) is 3.20. The van der Waals surface area contributed by atoms with Gasteiger partial charge in [-0.15, -0.1) is 6.42 Å². The minimum atomic E-state index is -0.525. The molecule has 38 heavy (non-hydrogen) atoms. The molecule has 4 unspecified atom stereocenters. The minimum Gasteiger partial charge on any atom is -0.493 e. The highest BCUT2D eigenvalue weighted by Crippen LogP contribution is 2.35. The number of terminal acetylenes is 1. The summed E-state index contributed by atoms with van der Waals surface area (Å²) in [6, 6.07) is 15.9. The highest BCUT2D eigenvalue weighted by Gasteiger charge is 2.41. The van der Waals surface area contributed by atoms with E-state index in [1.807, 2.05) is 42.5 Å². The molecule has 0 radical (unpaired) electrons. The van der Waals surface area contributed by atoms with Gasteiger partial charge < -0.3 is 23.8 Å². The lowest BCUT2D eigenvalue weighted by Crippen LogP contribution is -2.55. The molecular weight excluding hydrogens is 482 g/mol. The number of hydrogen-bond acceptors (Lipinski definition) is 7. The fourth-order valence-electron chi connectivity index (χ4n) is 5.34. The molecule has 2 bridgehead atoms. The number of methoxy groups -OCH3 is 2. The normalized spacial score (nSPS) is 20.1. The fraction of sp³-hybridized carbons (Fsp3) is 0.467. The van der Waals surface area contributed by atoms with E-state index in [-0.39, 0.29) is 12.2 Å². The van der Waals surface area contributed by atoms with Gasteiger partial charge in [-0.2, -0.15) is 5.26 Å². The first-order chi connectivity index (χ1) is 18.4. The number of benzene rings is 2. The Morgan fingerprint density at radius 3 is 2.37 bits per heavy atom. The van der Waals surface area contributed by atoms with Gasteiger partial charge in [-0.1, -0.05) is 18.1 Å². The van der Waals surface area contributed by atoms with Crippen molar-refractivity contribution in [2.24, 2.45) is 0 Å². The summed E-state index contributed by atoms with van der Waals surface area (Å²) in [5, 5.41) is 9.21. The van der Waals surface area contributed by atoms with Gasteiger partial charge in [0, 0.05) is 31.2 Å². The van der Waals surface area contributed by atoms with E-state index < -0.39 is 6.10 Å². The number of rotatable bonds is 10. The zero-order chi connectivity index (χ0) is 27.1. The molecule has 2 saturated heterocycles. The van der Waals surface area contributed by atoms with Crippen molar-refractivity contribution in [1.82, 2.24) is 9.80 Å². The Hall–Kier alpha value is -3.88. The predicted molar refractivity (Wildman–Crippen MR) is 143 cm³/mol. The van der Waals surface area contributed by atoms with Crippen LogP contribution in [-0.4, -0.2) is 67.9 Å². The number of piperazine rings is 1. The molecule has 2 aliphatic rings. The summed E-state index contributed by atoms with van der Waals surface area (Å²) in [6.07, 6.45) is 8.17. The van der Waals surface area contributed by atoms with Crippen molar-refractivity contribution in [3.63, 3.8) is 0 Å². The Morgan fingerprint density at radius 2 is 1.76 bits per heavy atom. The molecule has 0 aromatic heterocycles. The molecule has 2 fully saturated rings. The molecule has 2 aromatic rings. The van der Waals surface area contributed by atoms with E-state index >= 15 is 0 Å². The third-order valence-electron chi connectivity index (χ3n) is 7.33. The van der Waals surface area contributed by atoms with Crippen LogP contribution in [0.3, 0.4) is 0 Å². The van der Waals surface area contributed by atoms with Crippen LogP contribution in [0.2, 0.25) is 0 Å². The van der Waals surface area contributed by atoms with Crippen LogP contribution < -0.4 is 14.2 Å². The number of carbonyl (C=O) groups excluding carboxylic acids is 1. The zero-order valence-corrected chi connectivity index (χ0v) is 22.3. The second-order valence-electron chi connectivity index (χ2n) is 9.72. The van der Waals surface area contributed by atoms with E-state index in [0.717, 1.165) is 37.8 Å². The summed E-state index contributed by atoms with van der Waals surface area (Å²) in [4.78, 5) is 16.8. The summed E-state index contributed by atoms with van der Waals surface area (Å²) >= 11 is 0. The van der Waals surface area contributed by atoms with Gasteiger partial charge in [0.1, 0.15) is 11.9 Å². The van der Waals surface area contributed by atoms with Crippen molar-refractivity contribution in [1.29, 1.82) is 5.26 Å². The highest BCUT2D eigenvalue weighted by atomic mass is 16.6. The number of nitrogens with zero attached hydrogens (tertiary/aromatic N) is 3. The van der Waals surface area contributed by atoms with Gasteiger partial charge in [-0.05, 0) is 69.0 Å². The van der Waals surface area contributed by atoms with Gasteiger partial charge >= 0.3 is 6.09 Å². The Bertz CT molecular complexity index is 1170. The van der Waals surface area contributed by atoms with E-state index in [9.17, 15) is 10.1 Å². The van der Waals surface area contributed by atoms with Gasteiger partial charge in [0.15, 0.2) is 17.6 Å². The van der Waals surface area contributed by atoms with Crippen LogP contribution in [0.1, 0.15) is 49.8 Å². The number of fused-ring (bicyclic) bond motifs is 2. The highest BCUT2D eigenvalue weighted by molar-refractivity contribution is 5.68. The molecule has 0 aliphatic carbocycles. The second kappa shape index (κ2) is 12.6. The summed E-state index contributed by atoms with van der Waals surface area (Å²) < 4.78 is 22.6. The first-order valence-electron chi connectivity index (χ1n) is 13.0. The molecule has 8 nitrogen and oxygen atoms in total. The van der Waals surface area contributed by atoms with Crippen molar-refractivity contribution in [3.05, 3.63) is 53.6 Å². The Balaban J connectivity index is 1.40. The number of hydrogen-bond donors (Lipinski definition) is 0. The molecule has 4 atom stereocenters. The molecule has 4 rings (SSSR count). The molecular formula is C30H35N3O5. The van der Waals surface area contributed by atoms with E-state index in [1.165, 1.54) is 0 Å². The zero-order valence-electron chi connectivity index (χ0n) is 22.3. The Kier molecular flexibility index (Phi) is 8.99. The summed E-state index contributed by atoms with van der Waals surface area (Å²) in [5.74, 6) is 4.38. The smallest absolute Gasteiger partial charge is 0.411 e. The molecule has 2 heterocycles. The first kappa shape index (κ1) is 27.2. The average molecular weight is 518 g/mol. The first-order valence-corrected chi connectivity index (χ1v) is 13.0. The SMILES string of the molecule is C#CC(C)OC(=O)N1CC2CCC(C1)N2CCCC(Oc1ccc(OC)c(OC)c1)c1ccc(C#N)cc1. The van der Waals surface area contributed by atoms with Crippen LogP contribution in [0.25, 0.3) is 0 Å². The Labute approximate surface area is 225 Å². The van der Waals surface area contributed by atoms with Crippen LogP contribution >= 0.6 is 0 Å². The lowest BCUT2D eigenvalue weighted by molar-refractivity contribution is 0.0373. The number of nitriles is 1. The summed E-state index contributed by atoms with van der Waals surface area (Å²) in [5.41, 5.74) is 1.63. The topological polar surface area (TPSA) is 84.3 Å². The van der Waals surface area contributed by atoms with Crippen molar-refractivity contribution in [3.8, 4) is 35.7 Å². The third kappa shape index (κ3) is 6.33. The van der Waals surface area contributed by atoms with Crippen LogP contribution in [0.15, 0.2) is 42.5 Å². The maximum atomic E-state index is 12.5. The predicted octanol–water partition coefficient (Wildman–Crippen LogP) is 4.78. The van der Waals surface area contributed by atoms with Gasteiger partial charge in [0.25, 0.3) is 0 Å². The lowest BCUT2D eigenvalue weighted by Gasteiger charge is -2.40. The van der Waals surface area contributed by atoms with Gasteiger partial charge in [0.2, 0.25) is 0 Å². The maximum Gasteiger partial charge on any atom is 0.411 e. The number of carbonyl (C=O) groups is 1. The van der Waals surface area contributed by atoms with Gasteiger partial charge in [-0.3, -0.25) is 4.90 Å². The van der Waals surface area contributed by atoms with E-state index in [1.54, 1.807) is 26.0 Å². The van der Waals surface area contributed by atoms with Gasteiger partial charge in [0.05, 0.1) is 25.9 Å². The molecule has 8 heteroatoms. The van der Waals surface area contributed by atoms with Crippen molar-refractivity contribution in [2.45, 2.75) is 56.9 Å². The number of likely N-dealkylation sites (tertiary alicyclic amines) is 1. The van der Waals surface area contributed by atoms with Crippen LogP contribution in [0, 0.1) is 23.7 Å². The van der Waals surface area contributed by atoms with Crippen molar-refractivity contribution in [2.75, 3.05) is 33.9 Å². The second-order valence-corrected chi connectivity index (χ2v) is 9.72. The quantitative estimate of drug-likeness (QED) is 0.419. The van der Waals surface area contributed by atoms with E-state index in [4.69, 9.17) is 25.4 Å².